The highest BCUT2D eigenvalue weighted by atomic mass is 16.5. The molecule has 2 aromatic carbocycles. The number of urea groups is 1. The molecule has 3 amide bonds. The number of carbonyl (C=O) groups excluding carboxylic acids is 2. The molecule has 34 heavy (non-hydrogen) atoms. The average molecular weight is 465 g/mol. The zero-order valence-corrected chi connectivity index (χ0v) is 20.2. The number of likely N-dealkylation sites (tertiary alicyclic amines) is 1. The number of rotatable bonds is 6. The van der Waals surface area contributed by atoms with Gasteiger partial charge in [-0.25, -0.2) is 4.79 Å². The molecule has 1 saturated heterocycles. The standard InChI is InChI=1S/C26H32N4O4/c1-5-20(24-19-15-22(33-3)23(34-4)16-21(19)28-25(24)31)27-17-9-11-18(12-10-17)29(2)26(32)30-13-7-6-8-14-30/h9-12,15-16,27H,5-8,13-14H2,1-4H3,(H,28,31)/b24-20-. The van der Waals surface area contributed by atoms with Crippen LogP contribution in [0.1, 0.15) is 38.2 Å². The predicted molar refractivity (Wildman–Crippen MR) is 135 cm³/mol. The van der Waals surface area contributed by atoms with Gasteiger partial charge >= 0.3 is 6.03 Å². The van der Waals surface area contributed by atoms with E-state index in [1.54, 1.807) is 32.2 Å². The van der Waals surface area contributed by atoms with Crippen molar-refractivity contribution in [3.63, 3.8) is 0 Å². The number of ether oxygens (including phenoxy) is 2. The molecule has 2 aliphatic heterocycles. The van der Waals surface area contributed by atoms with Crippen LogP contribution in [0.5, 0.6) is 11.5 Å². The number of hydrogen-bond acceptors (Lipinski definition) is 5. The Morgan fingerprint density at radius 3 is 2.32 bits per heavy atom. The van der Waals surface area contributed by atoms with Gasteiger partial charge in [-0.2, -0.15) is 0 Å². The highest BCUT2D eigenvalue weighted by Gasteiger charge is 2.29. The van der Waals surface area contributed by atoms with Crippen LogP contribution in [0.3, 0.4) is 0 Å². The molecule has 0 aliphatic carbocycles. The van der Waals surface area contributed by atoms with Gasteiger partial charge in [-0.1, -0.05) is 6.92 Å². The Bertz CT molecular complexity index is 1100. The third kappa shape index (κ3) is 4.53. The second kappa shape index (κ2) is 10.1. The van der Waals surface area contributed by atoms with E-state index < -0.39 is 0 Å². The summed E-state index contributed by atoms with van der Waals surface area (Å²) in [7, 11) is 4.95. The summed E-state index contributed by atoms with van der Waals surface area (Å²) in [4.78, 5) is 29.2. The van der Waals surface area contributed by atoms with Crippen molar-refractivity contribution in [2.24, 2.45) is 0 Å². The van der Waals surface area contributed by atoms with Crippen molar-refractivity contribution < 1.29 is 19.1 Å². The van der Waals surface area contributed by atoms with Crippen molar-refractivity contribution in [3.8, 4) is 11.5 Å². The van der Waals surface area contributed by atoms with Crippen LogP contribution in [-0.2, 0) is 4.79 Å². The quantitative estimate of drug-likeness (QED) is 0.592. The van der Waals surface area contributed by atoms with Crippen LogP contribution >= 0.6 is 0 Å². The monoisotopic (exact) mass is 464 g/mol. The number of nitrogens with one attached hydrogen (secondary N) is 2. The van der Waals surface area contributed by atoms with Crippen molar-refractivity contribution in [1.82, 2.24) is 4.90 Å². The highest BCUT2D eigenvalue weighted by molar-refractivity contribution is 6.32. The molecular formula is C26H32N4O4. The second-order valence-electron chi connectivity index (χ2n) is 8.48. The summed E-state index contributed by atoms with van der Waals surface area (Å²) in [6.45, 7) is 3.63. The number of hydrogen-bond donors (Lipinski definition) is 2. The summed E-state index contributed by atoms with van der Waals surface area (Å²) in [6.07, 6.45) is 3.94. The van der Waals surface area contributed by atoms with Gasteiger partial charge in [-0.3, -0.25) is 9.69 Å². The molecule has 0 atom stereocenters. The van der Waals surface area contributed by atoms with E-state index in [9.17, 15) is 9.59 Å². The first kappa shape index (κ1) is 23.5. The smallest absolute Gasteiger partial charge is 0.324 e. The third-order valence-corrected chi connectivity index (χ3v) is 6.39. The molecule has 0 saturated carbocycles. The maximum absolute atomic E-state index is 12.9. The maximum atomic E-state index is 12.9. The molecule has 180 valence electrons. The van der Waals surface area contributed by atoms with Crippen LogP contribution in [0.25, 0.3) is 5.57 Å². The van der Waals surface area contributed by atoms with Crippen molar-refractivity contribution in [1.29, 1.82) is 0 Å². The van der Waals surface area contributed by atoms with Crippen LogP contribution in [0.2, 0.25) is 0 Å². The van der Waals surface area contributed by atoms with E-state index in [-0.39, 0.29) is 11.9 Å². The average Bonchev–Trinajstić information content (AvgIpc) is 3.20. The molecule has 2 aliphatic rings. The van der Waals surface area contributed by atoms with Gasteiger partial charge in [0, 0.05) is 48.8 Å². The fourth-order valence-corrected chi connectivity index (χ4v) is 4.47. The molecule has 0 bridgehead atoms. The first-order valence-electron chi connectivity index (χ1n) is 11.7. The fourth-order valence-electron chi connectivity index (χ4n) is 4.47. The van der Waals surface area contributed by atoms with Crippen molar-refractivity contribution in [2.45, 2.75) is 32.6 Å². The molecule has 8 nitrogen and oxygen atoms in total. The summed E-state index contributed by atoms with van der Waals surface area (Å²) < 4.78 is 10.8. The molecule has 8 heteroatoms. The molecule has 0 radical (unpaired) electrons. The summed E-state index contributed by atoms with van der Waals surface area (Å²) in [5.74, 6) is 0.960. The summed E-state index contributed by atoms with van der Waals surface area (Å²) in [6, 6.07) is 11.3. The normalized spacial score (nSPS) is 16.5. The van der Waals surface area contributed by atoms with Crippen molar-refractivity contribution in [2.75, 3.05) is 49.9 Å². The largest absolute Gasteiger partial charge is 0.493 e. The molecule has 0 aromatic heterocycles. The Labute approximate surface area is 200 Å². The molecule has 4 rings (SSSR count). The first-order chi connectivity index (χ1) is 16.5. The Hall–Kier alpha value is -3.68. The molecule has 2 aromatic rings. The van der Waals surface area contributed by atoms with E-state index >= 15 is 0 Å². The van der Waals surface area contributed by atoms with Gasteiger partial charge in [0.15, 0.2) is 11.5 Å². The first-order valence-corrected chi connectivity index (χ1v) is 11.7. The van der Waals surface area contributed by atoms with Gasteiger partial charge in [0.1, 0.15) is 0 Å². The summed E-state index contributed by atoms with van der Waals surface area (Å²) in [5, 5.41) is 6.32. The zero-order valence-electron chi connectivity index (χ0n) is 20.2. The molecule has 0 unspecified atom stereocenters. The van der Waals surface area contributed by atoms with E-state index in [1.165, 1.54) is 6.42 Å². The van der Waals surface area contributed by atoms with Gasteiger partial charge in [0.2, 0.25) is 0 Å². The van der Waals surface area contributed by atoms with Gasteiger partial charge in [-0.05, 0) is 56.0 Å². The van der Waals surface area contributed by atoms with E-state index in [1.807, 2.05) is 42.2 Å². The Morgan fingerprint density at radius 2 is 1.71 bits per heavy atom. The Morgan fingerprint density at radius 1 is 1.06 bits per heavy atom. The minimum Gasteiger partial charge on any atom is -0.493 e. The Balaban J connectivity index is 1.56. The minimum absolute atomic E-state index is 0.0281. The van der Waals surface area contributed by atoms with Crippen molar-refractivity contribution in [3.05, 3.63) is 47.7 Å². The number of anilines is 3. The number of amides is 3. The van der Waals surface area contributed by atoms with Gasteiger partial charge < -0.3 is 25.0 Å². The summed E-state index contributed by atoms with van der Waals surface area (Å²) in [5.41, 5.74) is 4.52. The van der Waals surface area contributed by atoms with Crippen LogP contribution < -0.4 is 25.0 Å². The number of fused-ring (bicyclic) bond motifs is 1. The SMILES string of the molecule is CC/C(Nc1ccc(N(C)C(=O)N2CCCCC2)cc1)=C1/C(=O)Nc2cc(OC)c(OC)cc21. The molecule has 0 spiro atoms. The lowest BCUT2D eigenvalue weighted by Crippen LogP contribution is -2.43. The lowest BCUT2D eigenvalue weighted by atomic mass is 10.0. The highest BCUT2D eigenvalue weighted by Crippen LogP contribution is 2.42. The lowest BCUT2D eigenvalue weighted by molar-refractivity contribution is -0.110. The minimum atomic E-state index is -0.168. The van der Waals surface area contributed by atoms with E-state index in [4.69, 9.17) is 9.47 Å². The zero-order chi connectivity index (χ0) is 24.2. The Kier molecular flexibility index (Phi) is 6.95. The number of piperidine rings is 1. The van der Waals surface area contributed by atoms with Crippen LogP contribution in [0.4, 0.5) is 21.9 Å². The van der Waals surface area contributed by atoms with Gasteiger partial charge in [0.25, 0.3) is 5.91 Å². The van der Waals surface area contributed by atoms with E-state index in [0.717, 1.165) is 48.6 Å². The maximum Gasteiger partial charge on any atom is 0.324 e. The predicted octanol–water partition coefficient (Wildman–Crippen LogP) is 4.93. The number of allylic oxidation sites excluding steroid dienone is 1. The van der Waals surface area contributed by atoms with Crippen molar-refractivity contribution >= 4 is 34.6 Å². The number of methoxy groups -OCH3 is 2. The van der Waals surface area contributed by atoms with Crippen LogP contribution in [-0.4, -0.2) is 51.2 Å². The topological polar surface area (TPSA) is 83.1 Å². The fraction of sp³-hybridized carbons (Fsp3) is 0.385. The molecule has 1 fully saturated rings. The molecule has 2 heterocycles. The third-order valence-electron chi connectivity index (χ3n) is 6.39. The van der Waals surface area contributed by atoms with Crippen LogP contribution in [0, 0.1) is 0 Å². The lowest BCUT2D eigenvalue weighted by Gasteiger charge is -2.31. The molecular weight excluding hydrogens is 432 g/mol. The van der Waals surface area contributed by atoms with Gasteiger partial charge in [0.05, 0.1) is 25.5 Å². The second-order valence-corrected chi connectivity index (χ2v) is 8.48. The molecule has 2 N–H and O–H groups in total. The van der Waals surface area contributed by atoms with E-state index in [2.05, 4.69) is 10.6 Å². The number of carbonyl (C=O) groups is 2. The number of benzene rings is 2. The summed E-state index contributed by atoms with van der Waals surface area (Å²) >= 11 is 0. The van der Waals surface area contributed by atoms with Crippen LogP contribution in [0.15, 0.2) is 42.1 Å². The van der Waals surface area contributed by atoms with E-state index in [0.29, 0.717) is 29.2 Å². The number of nitrogens with zero attached hydrogens (tertiary/aromatic N) is 2. The van der Waals surface area contributed by atoms with Gasteiger partial charge in [-0.15, -0.1) is 0 Å².